The molecule has 1 heterocycles. The highest BCUT2D eigenvalue weighted by Crippen LogP contribution is 2.46. The Balaban J connectivity index is 2.67. The lowest BCUT2D eigenvalue weighted by Gasteiger charge is -2.47. The molecule has 1 aliphatic carbocycles. The molecule has 7 heteroatoms. The van der Waals surface area contributed by atoms with Gasteiger partial charge in [0.15, 0.2) is 17.3 Å². The summed E-state index contributed by atoms with van der Waals surface area (Å²) in [4.78, 5) is 14.5. The van der Waals surface area contributed by atoms with Gasteiger partial charge in [0.05, 0.1) is 40.6 Å². The number of hydrogen-bond donors (Lipinski definition) is 1. The summed E-state index contributed by atoms with van der Waals surface area (Å²) in [5.41, 5.74) is -1.18. The van der Waals surface area contributed by atoms with Crippen molar-refractivity contribution in [3.63, 3.8) is 0 Å². The third kappa shape index (κ3) is 2.86. The van der Waals surface area contributed by atoms with Crippen LogP contribution in [-0.2, 0) is 23.7 Å². The van der Waals surface area contributed by atoms with Gasteiger partial charge < -0.3 is 24.1 Å². The molecule has 1 saturated heterocycles. The van der Waals surface area contributed by atoms with Crippen molar-refractivity contribution < 1.29 is 28.8 Å². The van der Waals surface area contributed by atoms with Crippen molar-refractivity contribution in [3.05, 3.63) is 23.4 Å². The van der Waals surface area contributed by atoms with Crippen LogP contribution < -0.4 is 0 Å². The SMILES string of the molecule is COC1=CC(C(=O)O)(C(C)C)C(N2CCOCC2)C(OC)=C1OC. The van der Waals surface area contributed by atoms with Crippen molar-refractivity contribution in [2.24, 2.45) is 11.3 Å². The first-order valence-electron chi connectivity index (χ1n) is 8.08. The standard InChI is InChI=1S/C17H27NO6/c1-11(2)17(16(19)20)10-12(21-3)13(22-4)14(23-5)15(17)18-6-8-24-9-7-18/h10-11,15H,6-9H2,1-5H3,(H,19,20). The van der Waals surface area contributed by atoms with Crippen LogP contribution in [-0.4, -0.2) is 69.7 Å². The highest BCUT2D eigenvalue weighted by Gasteiger charge is 2.56. The third-order valence-corrected chi connectivity index (χ3v) is 4.90. The molecule has 2 rings (SSSR count). The van der Waals surface area contributed by atoms with Gasteiger partial charge in [-0.15, -0.1) is 0 Å². The fourth-order valence-corrected chi connectivity index (χ4v) is 3.59. The number of carbonyl (C=O) groups is 1. The Morgan fingerprint density at radius 2 is 1.88 bits per heavy atom. The lowest BCUT2D eigenvalue weighted by molar-refractivity contribution is -0.155. The minimum Gasteiger partial charge on any atom is -0.495 e. The first-order valence-corrected chi connectivity index (χ1v) is 8.08. The Hall–Kier alpha value is -1.73. The molecule has 0 spiro atoms. The van der Waals surface area contributed by atoms with Gasteiger partial charge in [-0.2, -0.15) is 0 Å². The van der Waals surface area contributed by atoms with Crippen molar-refractivity contribution in [2.75, 3.05) is 47.6 Å². The Bertz CT molecular complexity index is 535. The van der Waals surface area contributed by atoms with E-state index in [1.165, 1.54) is 21.3 Å². The van der Waals surface area contributed by atoms with E-state index in [9.17, 15) is 9.90 Å². The van der Waals surface area contributed by atoms with Crippen molar-refractivity contribution in [3.8, 4) is 0 Å². The minimum atomic E-state index is -1.18. The topological polar surface area (TPSA) is 77.5 Å². The number of rotatable bonds is 6. The lowest BCUT2D eigenvalue weighted by atomic mass is 9.67. The second-order valence-electron chi connectivity index (χ2n) is 6.26. The molecule has 136 valence electrons. The summed E-state index contributed by atoms with van der Waals surface area (Å²) >= 11 is 0. The average molecular weight is 341 g/mol. The summed E-state index contributed by atoms with van der Waals surface area (Å²) in [6.45, 7) is 6.18. The molecular weight excluding hydrogens is 314 g/mol. The first-order chi connectivity index (χ1) is 11.4. The summed E-state index contributed by atoms with van der Waals surface area (Å²) in [5.74, 6) is 0.212. The Morgan fingerprint density at radius 1 is 1.25 bits per heavy atom. The predicted molar refractivity (Wildman–Crippen MR) is 87.2 cm³/mol. The number of morpholine rings is 1. The number of hydrogen-bond acceptors (Lipinski definition) is 6. The van der Waals surface area contributed by atoms with Crippen LogP contribution in [0.5, 0.6) is 0 Å². The smallest absolute Gasteiger partial charge is 0.316 e. The Kier molecular flexibility index (Phi) is 5.77. The van der Waals surface area contributed by atoms with Crippen LogP contribution in [0.1, 0.15) is 13.8 Å². The van der Waals surface area contributed by atoms with E-state index in [2.05, 4.69) is 4.90 Å². The molecule has 2 unspecified atom stereocenters. The molecule has 0 amide bonds. The maximum atomic E-state index is 12.4. The van der Waals surface area contributed by atoms with E-state index in [0.717, 1.165) is 0 Å². The van der Waals surface area contributed by atoms with Gasteiger partial charge in [0.25, 0.3) is 0 Å². The van der Waals surface area contributed by atoms with E-state index in [0.29, 0.717) is 43.6 Å². The number of carboxylic acids is 1. The van der Waals surface area contributed by atoms with Crippen molar-refractivity contribution in [1.29, 1.82) is 0 Å². The van der Waals surface area contributed by atoms with Gasteiger partial charge in [0.2, 0.25) is 0 Å². The molecule has 0 bridgehead atoms. The quantitative estimate of drug-likeness (QED) is 0.784. The van der Waals surface area contributed by atoms with E-state index in [-0.39, 0.29) is 5.92 Å². The number of nitrogens with zero attached hydrogens (tertiary/aromatic N) is 1. The summed E-state index contributed by atoms with van der Waals surface area (Å²) < 4.78 is 22.0. The van der Waals surface area contributed by atoms with E-state index in [1.54, 1.807) is 6.08 Å². The molecule has 0 radical (unpaired) electrons. The van der Waals surface area contributed by atoms with Crippen molar-refractivity contribution in [1.82, 2.24) is 4.90 Å². The predicted octanol–water partition coefficient (Wildman–Crippen LogP) is 1.46. The van der Waals surface area contributed by atoms with E-state index < -0.39 is 17.4 Å². The summed E-state index contributed by atoms with van der Waals surface area (Å²) in [6.07, 6.45) is 1.67. The van der Waals surface area contributed by atoms with Gasteiger partial charge in [-0.05, 0) is 12.0 Å². The van der Waals surface area contributed by atoms with Gasteiger partial charge in [-0.1, -0.05) is 13.8 Å². The van der Waals surface area contributed by atoms with Crippen molar-refractivity contribution in [2.45, 2.75) is 19.9 Å². The molecule has 0 aromatic rings. The normalized spacial score (nSPS) is 28.6. The van der Waals surface area contributed by atoms with Crippen LogP contribution in [0, 0.1) is 11.3 Å². The first kappa shape index (κ1) is 18.6. The molecular formula is C17H27NO6. The third-order valence-electron chi connectivity index (χ3n) is 4.90. The fraction of sp³-hybridized carbons (Fsp3) is 0.706. The highest BCUT2D eigenvalue weighted by molar-refractivity contribution is 5.80. The average Bonchev–Trinajstić information content (AvgIpc) is 2.59. The molecule has 1 aliphatic heterocycles. The fourth-order valence-electron chi connectivity index (χ4n) is 3.59. The minimum absolute atomic E-state index is 0.184. The molecule has 2 aliphatic rings. The van der Waals surface area contributed by atoms with Crippen LogP contribution in [0.3, 0.4) is 0 Å². The zero-order valence-electron chi connectivity index (χ0n) is 15.0. The summed E-state index contributed by atoms with van der Waals surface area (Å²) in [7, 11) is 4.56. The molecule has 0 aromatic heterocycles. The molecule has 2 atom stereocenters. The molecule has 24 heavy (non-hydrogen) atoms. The second kappa shape index (κ2) is 7.44. The van der Waals surface area contributed by atoms with Crippen LogP contribution in [0.25, 0.3) is 0 Å². The van der Waals surface area contributed by atoms with Crippen LogP contribution in [0.15, 0.2) is 23.4 Å². The van der Waals surface area contributed by atoms with Crippen LogP contribution in [0.2, 0.25) is 0 Å². The van der Waals surface area contributed by atoms with E-state index >= 15 is 0 Å². The Labute approximate surface area is 142 Å². The second-order valence-corrected chi connectivity index (χ2v) is 6.26. The molecule has 1 N–H and O–H groups in total. The maximum Gasteiger partial charge on any atom is 0.316 e. The number of aliphatic carboxylic acids is 1. The summed E-state index contributed by atoms with van der Waals surface area (Å²) in [6, 6.07) is -0.488. The number of carboxylic acid groups (broad SMARTS) is 1. The molecule has 0 saturated carbocycles. The van der Waals surface area contributed by atoms with E-state index in [1.807, 2.05) is 13.8 Å². The van der Waals surface area contributed by atoms with Crippen LogP contribution in [0.4, 0.5) is 0 Å². The molecule has 1 fully saturated rings. The largest absolute Gasteiger partial charge is 0.495 e. The zero-order chi connectivity index (χ0) is 17.9. The van der Waals surface area contributed by atoms with E-state index in [4.69, 9.17) is 18.9 Å². The number of methoxy groups -OCH3 is 3. The molecule has 7 nitrogen and oxygen atoms in total. The van der Waals surface area contributed by atoms with Crippen molar-refractivity contribution >= 4 is 5.97 Å². The number of ether oxygens (including phenoxy) is 4. The Morgan fingerprint density at radius 3 is 2.29 bits per heavy atom. The van der Waals surface area contributed by atoms with Gasteiger partial charge in [-0.3, -0.25) is 9.69 Å². The monoisotopic (exact) mass is 341 g/mol. The summed E-state index contributed by atoms with van der Waals surface area (Å²) in [5, 5.41) is 10.2. The van der Waals surface area contributed by atoms with Gasteiger partial charge in [0, 0.05) is 13.1 Å². The van der Waals surface area contributed by atoms with Gasteiger partial charge in [0.1, 0.15) is 5.41 Å². The highest BCUT2D eigenvalue weighted by atomic mass is 16.5. The molecule has 0 aromatic carbocycles. The van der Waals surface area contributed by atoms with Crippen LogP contribution >= 0.6 is 0 Å². The maximum absolute atomic E-state index is 12.4. The van der Waals surface area contributed by atoms with Gasteiger partial charge >= 0.3 is 5.97 Å². The van der Waals surface area contributed by atoms with Gasteiger partial charge in [-0.25, -0.2) is 0 Å². The zero-order valence-corrected chi connectivity index (χ0v) is 15.0. The lowest BCUT2D eigenvalue weighted by Crippen LogP contribution is -2.59.